The van der Waals surface area contributed by atoms with Crippen LogP contribution in [0, 0.1) is 6.92 Å². The molecule has 0 bridgehead atoms. The van der Waals surface area contributed by atoms with Gasteiger partial charge in [0.05, 0.1) is 18.4 Å². The van der Waals surface area contributed by atoms with Crippen molar-refractivity contribution in [1.29, 1.82) is 0 Å². The Kier molecular flexibility index (Phi) is 10.7. The molecule has 3 amide bonds. The Morgan fingerprint density at radius 3 is 2.61 bits per heavy atom. The molecule has 0 unspecified atom stereocenters. The lowest BCUT2D eigenvalue weighted by atomic mass is 10.0. The highest BCUT2D eigenvalue weighted by molar-refractivity contribution is 5.99. The van der Waals surface area contributed by atoms with Crippen LogP contribution in [0.5, 0.6) is 5.75 Å². The number of ether oxygens (including phenoxy) is 1. The third kappa shape index (κ3) is 7.58. The Balaban J connectivity index is 1.59. The summed E-state index contributed by atoms with van der Waals surface area (Å²) in [6.45, 7) is 3.81. The lowest BCUT2D eigenvalue weighted by Gasteiger charge is -2.31. The summed E-state index contributed by atoms with van der Waals surface area (Å²) in [5, 5.41) is 4.24. The molecule has 1 aliphatic heterocycles. The van der Waals surface area contributed by atoms with Crippen LogP contribution in [0.25, 0.3) is 0 Å². The van der Waals surface area contributed by atoms with Crippen molar-refractivity contribution in [3.05, 3.63) is 47.3 Å². The predicted molar refractivity (Wildman–Crippen MR) is 147 cm³/mol. The molecule has 1 aromatic carbocycles. The molecule has 1 aliphatic rings. The van der Waals surface area contributed by atoms with E-state index in [-0.39, 0.29) is 17.7 Å². The third-order valence-electron chi connectivity index (χ3n) is 7.55. The van der Waals surface area contributed by atoms with Crippen LogP contribution in [0.15, 0.2) is 30.5 Å². The molecule has 2 heterocycles. The van der Waals surface area contributed by atoms with E-state index in [0.29, 0.717) is 50.3 Å². The topological polar surface area (TPSA) is 88.0 Å². The maximum Gasteiger partial charge on any atom is 0.258 e. The largest absolute Gasteiger partial charge is 0.493 e. The Bertz CT molecular complexity index is 1100. The lowest BCUT2D eigenvalue weighted by molar-refractivity contribution is -0.135. The van der Waals surface area contributed by atoms with E-state index in [1.807, 2.05) is 57.1 Å². The first kappa shape index (κ1) is 29.2. The summed E-state index contributed by atoms with van der Waals surface area (Å²) >= 11 is 0. The zero-order valence-electron chi connectivity index (χ0n) is 23.6. The van der Waals surface area contributed by atoms with E-state index in [1.54, 1.807) is 27.8 Å². The van der Waals surface area contributed by atoms with Gasteiger partial charge in [0, 0.05) is 53.4 Å². The van der Waals surface area contributed by atoms with Crippen LogP contribution >= 0.6 is 0 Å². The Hall–Kier alpha value is -3.36. The van der Waals surface area contributed by atoms with Crippen molar-refractivity contribution in [2.75, 3.05) is 40.8 Å². The lowest BCUT2D eigenvalue weighted by Crippen LogP contribution is -2.48. The average Bonchev–Trinajstić information content (AvgIpc) is 3.24. The number of carbonyl (C=O) groups excluding carboxylic acids is 3. The first-order valence-corrected chi connectivity index (χ1v) is 13.7. The van der Waals surface area contributed by atoms with Crippen molar-refractivity contribution in [3.8, 4) is 5.75 Å². The minimum Gasteiger partial charge on any atom is -0.493 e. The van der Waals surface area contributed by atoms with Crippen LogP contribution in [0.4, 0.5) is 0 Å². The summed E-state index contributed by atoms with van der Waals surface area (Å²) in [6.07, 6.45) is 7.66. The molecule has 0 fully saturated rings. The second-order valence-electron chi connectivity index (χ2n) is 10.3. The summed E-state index contributed by atoms with van der Waals surface area (Å²) < 4.78 is 7.74. The van der Waals surface area contributed by atoms with Crippen molar-refractivity contribution in [2.45, 2.75) is 64.3 Å². The molecule has 9 nitrogen and oxygen atoms in total. The molecule has 0 N–H and O–H groups in total. The first-order chi connectivity index (χ1) is 18.2. The quantitative estimate of drug-likeness (QED) is 0.493. The molecular formula is C29H43N5O4. The van der Waals surface area contributed by atoms with E-state index in [0.717, 1.165) is 43.4 Å². The van der Waals surface area contributed by atoms with Crippen LogP contribution in [0.1, 0.15) is 66.6 Å². The zero-order valence-corrected chi connectivity index (χ0v) is 23.6. The molecule has 3 rings (SSSR count). The number of para-hydroxylation sites is 1. The van der Waals surface area contributed by atoms with Gasteiger partial charge in [-0.2, -0.15) is 5.10 Å². The number of fused-ring (bicyclic) bond motifs is 1. The summed E-state index contributed by atoms with van der Waals surface area (Å²) in [5.41, 5.74) is 2.65. The minimum atomic E-state index is -0.573. The van der Waals surface area contributed by atoms with E-state index in [9.17, 15) is 14.4 Å². The van der Waals surface area contributed by atoms with Gasteiger partial charge in [0.15, 0.2) is 0 Å². The highest BCUT2D eigenvalue weighted by atomic mass is 16.5. The monoisotopic (exact) mass is 525 g/mol. The fourth-order valence-corrected chi connectivity index (χ4v) is 4.79. The number of rotatable bonds is 8. The predicted octanol–water partition coefficient (Wildman–Crippen LogP) is 3.45. The molecule has 0 aliphatic carbocycles. The van der Waals surface area contributed by atoms with Crippen molar-refractivity contribution in [2.24, 2.45) is 7.05 Å². The standard InChI is InChI=1S/C29H43N5O4/c1-22-23(21-30-34(22)5)16-17-27(35)31(2)18-11-9-14-25-29(37)32(3)19-10-6-12-20-38-26-15-8-7-13-24(26)28(36)33(25)4/h7-8,13,15,21,25H,6,9-12,14,16-20H2,1-5H3/t25-/m0/s1. The van der Waals surface area contributed by atoms with Gasteiger partial charge >= 0.3 is 0 Å². The summed E-state index contributed by atoms with van der Waals surface area (Å²) in [6, 6.07) is 6.67. The van der Waals surface area contributed by atoms with Gasteiger partial charge in [-0.25, -0.2) is 0 Å². The zero-order chi connectivity index (χ0) is 27.7. The van der Waals surface area contributed by atoms with E-state index < -0.39 is 6.04 Å². The van der Waals surface area contributed by atoms with E-state index in [4.69, 9.17) is 4.74 Å². The van der Waals surface area contributed by atoms with Crippen LogP contribution in [0.3, 0.4) is 0 Å². The molecule has 9 heteroatoms. The smallest absolute Gasteiger partial charge is 0.258 e. The molecular weight excluding hydrogens is 482 g/mol. The first-order valence-electron chi connectivity index (χ1n) is 13.7. The summed E-state index contributed by atoms with van der Waals surface area (Å²) in [4.78, 5) is 44.6. The van der Waals surface area contributed by atoms with Gasteiger partial charge in [-0.1, -0.05) is 12.1 Å². The van der Waals surface area contributed by atoms with Gasteiger partial charge in [0.2, 0.25) is 11.8 Å². The van der Waals surface area contributed by atoms with E-state index >= 15 is 0 Å². The van der Waals surface area contributed by atoms with Crippen molar-refractivity contribution in [3.63, 3.8) is 0 Å². The number of amides is 3. The molecule has 1 aromatic heterocycles. The highest BCUT2D eigenvalue weighted by Gasteiger charge is 2.31. The normalized spacial score (nSPS) is 17.2. The maximum atomic E-state index is 13.5. The molecule has 0 radical (unpaired) electrons. The van der Waals surface area contributed by atoms with Gasteiger partial charge in [0.25, 0.3) is 5.91 Å². The van der Waals surface area contributed by atoms with E-state index in [1.165, 1.54) is 0 Å². The van der Waals surface area contributed by atoms with Gasteiger partial charge in [-0.3, -0.25) is 19.1 Å². The van der Waals surface area contributed by atoms with Crippen LogP contribution in [0.2, 0.25) is 0 Å². The molecule has 0 spiro atoms. The number of hydrogen-bond acceptors (Lipinski definition) is 5. The number of unbranched alkanes of at least 4 members (excludes halogenated alkanes) is 1. The fraction of sp³-hybridized carbons (Fsp3) is 0.586. The minimum absolute atomic E-state index is 0.0465. The fourth-order valence-electron chi connectivity index (χ4n) is 4.79. The molecule has 2 aromatic rings. The van der Waals surface area contributed by atoms with Crippen molar-refractivity contribution >= 4 is 17.7 Å². The molecule has 38 heavy (non-hydrogen) atoms. The highest BCUT2D eigenvalue weighted by Crippen LogP contribution is 2.23. The summed E-state index contributed by atoms with van der Waals surface area (Å²) in [7, 11) is 7.23. The SMILES string of the molecule is Cc1c(CCC(=O)N(C)CCCC[C@H]2C(=O)N(C)CCCCCOc3ccccc3C(=O)N2C)cnn1C. The van der Waals surface area contributed by atoms with Gasteiger partial charge in [0.1, 0.15) is 11.8 Å². The second kappa shape index (κ2) is 14.0. The number of likely N-dealkylation sites (N-methyl/N-ethyl adjacent to an activating group) is 2. The number of carbonyl (C=O) groups is 3. The van der Waals surface area contributed by atoms with Gasteiger partial charge < -0.3 is 19.4 Å². The summed E-state index contributed by atoms with van der Waals surface area (Å²) in [5.74, 6) is 0.388. The van der Waals surface area contributed by atoms with Gasteiger partial charge in [-0.15, -0.1) is 0 Å². The average molecular weight is 526 g/mol. The molecule has 0 saturated carbocycles. The van der Waals surface area contributed by atoms with E-state index in [2.05, 4.69) is 5.10 Å². The number of benzene rings is 1. The van der Waals surface area contributed by atoms with Gasteiger partial charge in [-0.05, 0) is 69.6 Å². The third-order valence-corrected chi connectivity index (χ3v) is 7.55. The van der Waals surface area contributed by atoms with Crippen molar-refractivity contribution < 1.29 is 19.1 Å². The number of aromatic nitrogens is 2. The molecule has 0 saturated heterocycles. The Morgan fingerprint density at radius 2 is 1.87 bits per heavy atom. The molecule has 1 atom stereocenters. The van der Waals surface area contributed by atoms with Crippen LogP contribution < -0.4 is 4.74 Å². The Morgan fingerprint density at radius 1 is 1.11 bits per heavy atom. The second-order valence-corrected chi connectivity index (χ2v) is 10.3. The molecule has 208 valence electrons. The number of hydrogen-bond donors (Lipinski definition) is 0. The van der Waals surface area contributed by atoms with Crippen LogP contribution in [-0.2, 0) is 23.1 Å². The maximum absolute atomic E-state index is 13.5. The number of nitrogens with zero attached hydrogens (tertiary/aromatic N) is 5. The Labute approximate surface area is 226 Å². The van der Waals surface area contributed by atoms with Crippen LogP contribution in [-0.4, -0.2) is 89.1 Å². The number of aryl methyl sites for hydroxylation is 2. The van der Waals surface area contributed by atoms with Crippen molar-refractivity contribution in [1.82, 2.24) is 24.5 Å².